The third kappa shape index (κ3) is 3.96. The third-order valence-corrected chi connectivity index (χ3v) is 4.30. The van der Waals surface area contributed by atoms with Crippen molar-refractivity contribution in [1.82, 2.24) is 19.9 Å². The van der Waals surface area contributed by atoms with Gasteiger partial charge in [-0.3, -0.25) is 4.79 Å². The van der Waals surface area contributed by atoms with Gasteiger partial charge in [0.2, 0.25) is 11.7 Å². The van der Waals surface area contributed by atoms with Gasteiger partial charge in [0, 0.05) is 28.6 Å². The van der Waals surface area contributed by atoms with Crippen molar-refractivity contribution < 1.29 is 4.52 Å². The molecule has 0 saturated heterocycles. The fraction of sp³-hybridized carbons (Fsp3) is 0.100. The molecule has 0 radical (unpaired) electrons. The van der Waals surface area contributed by atoms with Crippen molar-refractivity contribution in [1.29, 1.82) is 0 Å². The lowest BCUT2D eigenvalue weighted by Crippen LogP contribution is -2.23. The van der Waals surface area contributed by atoms with E-state index in [1.165, 1.54) is 10.7 Å². The third-order valence-electron chi connectivity index (χ3n) is 4.04. The number of aromatic nitrogens is 4. The van der Waals surface area contributed by atoms with Gasteiger partial charge in [-0.15, -0.1) is 0 Å². The molecule has 0 amide bonds. The normalized spacial score (nSPS) is 10.9. The molecule has 0 aliphatic carbocycles. The van der Waals surface area contributed by atoms with Gasteiger partial charge in [-0.25, -0.2) is 4.68 Å². The number of rotatable bonds is 5. The summed E-state index contributed by atoms with van der Waals surface area (Å²) in [6.45, 7) is 0.344. The maximum Gasteiger partial charge on any atom is 0.266 e. The van der Waals surface area contributed by atoms with Gasteiger partial charge >= 0.3 is 0 Å². The Bertz CT molecular complexity index is 1100. The molecule has 2 aromatic carbocycles. The molecular formula is C20H15ClN4O2. The Hall–Kier alpha value is -3.25. The summed E-state index contributed by atoms with van der Waals surface area (Å²) in [7, 11) is 0. The van der Waals surface area contributed by atoms with Crippen molar-refractivity contribution in [3.8, 4) is 22.6 Å². The fourth-order valence-electron chi connectivity index (χ4n) is 2.65. The highest BCUT2D eigenvalue weighted by Crippen LogP contribution is 2.18. The lowest BCUT2D eigenvalue weighted by Gasteiger charge is -2.06. The average molecular weight is 379 g/mol. The Labute approximate surface area is 160 Å². The molecule has 0 unspecified atom stereocenters. The second kappa shape index (κ2) is 7.55. The van der Waals surface area contributed by atoms with E-state index in [2.05, 4.69) is 15.2 Å². The maximum atomic E-state index is 12.1. The lowest BCUT2D eigenvalue weighted by atomic mass is 10.1. The molecule has 0 spiro atoms. The van der Waals surface area contributed by atoms with E-state index in [0.717, 1.165) is 11.1 Å². The molecule has 27 heavy (non-hydrogen) atoms. The summed E-state index contributed by atoms with van der Waals surface area (Å²) in [5, 5.41) is 9.06. The van der Waals surface area contributed by atoms with Crippen molar-refractivity contribution in [2.45, 2.75) is 13.0 Å². The molecular weight excluding hydrogens is 364 g/mol. The first-order valence-corrected chi connectivity index (χ1v) is 8.79. The molecule has 0 N–H and O–H groups in total. The minimum absolute atomic E-state index is 0.185. The monoisotopic (exact) mass is 378 g/mol. The first kappa shape index (κ1) is 17.2. The van der Waals surface area contributed by atoms with Gasteiger partial charge in [-0.2, -0.15) is 10.1 Å². The first-order valence-electron chi connectivity index (χ1n) is 8.41. The van der Waals surface area contributed by atoms with Gasteiger partial charge in [0.05, 0.1) is 12.2 Å². The topological polar surface area (TPSA) is 73.8 Å². The Morgan fingerprint density at radius 1 is 0.926 bits per heavy atom. The largest absolute Gasteiger partial charge is 0.339 e. The Morgan fingerprint density at radius 3 is 2.48 bits per heavy atom. The van der Waals surface area contributed by atoms with Crippen LogP contribution >= 0.6 is 11.6 Å². The van der Waals surface area contributed by atoms with Crippen LogP contribution in [0.25, 0.3) is 22.6 Å². The zero-order valence-electron chi connectivity index (χ0n) is 14.2. The van der Waals surface area contributed by atoms with Gasteiger partial charge in [0.15, 0.2) is 0 Å². The van der Waals surface area contributed by atoms with Crippen LogP contribution in [-0.2, 0) is 13.0 Å². The molecule has 2 aromatic heterocycles. The molecule has 0 aliphatic rings. The van der Waals surface area contributed by atoms with Crippen LogP contribution in [0.15, 0.2) is 76.0 Å². The quantitative estimate of drug-likeness (QED) is 0.527. The van der Waals surface area contributed by atoms with Crippen LogP contribution in [0, 0.1) is 0 Å². The summed E-state index contributed by atoms with van der Waals surface area (Å²) in [5.74, 6) is 0.986. The highest BCUT2D eigenvalue weighted by Gasteiger charge is 2.10. The Morgan fingerprint density at radius 2 is 1.70 bits per heavy atom. The standard InChI is InChI=1S/C20H15ClN4O2/c21-16-8-6-14(7-9-16)17-10-11-19(26)25(23-17)13-12-18-22-20(24-27-18)15-4-2-1-3-5-15/h1-11H,12-13H2. The number of benzene rings is 2. The summed E-state index contributed by atoms with van der Waals surface area (Å²) in [4.78, 5) is 16.5. The second-order valence-electron chi connectivity index (χ2n) is 5.91. The zero-order valence-corrected chi connectivity index (χ0v) is 15.0. The van der Waals surface area contributed by atoms with E-state index in [4.69, 9.17) is 16.1 Å². The van der Waals surface area contributed by atoms with Crippen LogP contribution in [0.5, 0.6) is 0 Å². The van der Waals surface area contributed by atoms with Crippen LogP contribution in [0.2, 0.25) is 5.02 Å². The van der Waals surface area contributed by atoms with Gasteiger partial charge in [0.25, 0.3) is 5.56 Å². The number of nitrogens with zero attached hydrogens (tertiary/aromatic N) is 4. The van der Waals surface area contributed by atoms with Crippen molar-refractivity contribution in [3.05, 3.63) is 88.0 Å². The van der Waals surface area contributed by atoms with Crippen molar-refractivity contribution in [2.24, 2.45) is 0 Å². The summed E-state index contributed by atoms with van der Waals surface area (Å²) in [6, 6.07) is 20.1. The fourth-order valence-corrected chi connectivity index (χ4v) is 2.77. The van der Waals surface area contributed by atoms with Gasteiger partial charge in [-0.05, 0) is 18.2 Å². The van der Waals surface area contributed by atoms with Crippen molar-refractivity contribution in [3.63, 3.8) is 0 Å². The summed E-state index contributed by atoms with van der Waals surface area (Å²) in [6.07, 6.45) is 0.414. The predicted molar refractivity (Wildman–Crippen MR) is 102 cm³/mol. The van der Waals surface area contributed by atoms with Crippen LogP contribution in [0.3, 0.4) is 0 Å². The number of hydrogen-bond acceptors (Lipinski definition) is 5. The summed E-state index contributed by atoms with van der Waals surface area (Å²) in [5.41, 5.74) is 2.28. The minimum atomic E-state index is -0.185. The van der Waals surface area contributed by atoms with E-state index in [9.17, 15) is 4.79 Å². The van der Waals surface area contributed by atoms with Gasteiger partial charge < -0.3 is 4.52 Å². The number of aryl methyl sites for hydroxylation is 2. The molecule has 2 heterocycles. The smallest absolute Gasteiger partial charge is 0.266 e. The van der Waals surface area contributed by atoms with E-state index in [-0.39, 0.29) is 5.56 Å². The van der Waals surface area contributed by atoms with Crippen LogP contribution in [0.4, 0.5) is 0 Å². The molecule has 0 saturated carbocycles. The molecule has 7 heteroatoms. The minimum Gasteiger partial charge on any atom is -0.339 e. The molecule has 0 aliphatic heterocycles. The van der Waals surface area contributed by atoms with E-state index in [1.54, 1.807) is 18.2 Å². The molecule has 4 rings (SSSR count). The molecule has 134 valence electrons. The maximum absolute atomic E-state index is 12.1. The molecule has 0 fully saturated rings. The molecule has 0 atom stereocenters. The summed E-state index contributed by atoms with van der Waals surface area (Å²) < 4.78 is 6.69. The second-order valence-corrected chi connectivity index (χ2v) is 6.35. The van der Waals surface area contributed by atoms with Crippen LogP contribution < -0.4 is 5.56 Å². The Kier molecular flexibility index (Phi) is 4.80. The van der Waals surface area contributed by atoms with Crippen LogP contribution in [0.1, 0.15) is 5.89 Å². The summed E-state index contributed by atoms with van der Waals surface area (Å²) >= 11 is 5.92. The SMILES string of the molecule is O=c1ccc(-c2ccc(Cl)cc2)nn1CCc1nc(-c2ccccc2)no1. The molecule has 4 aromatic rings. The average Bonchev–Trinajstić information content (AvgIpc) is 3.18. The van der Waals surface area contributed by atoms with Crippen molar-refractivity contribution >= 4 is 11.6 Å². The first-order chi connectivity index (χ1) is 13.2. The number of halogens is 1. The number of hydrogen-bond donors (Lipinski definition) is 0. The molecule has 6 nitrogen and oxygen atoms in total. The van der Waals surface area contributed by atoms with E-state index in [1.807, 2.05) is 42.5 Å². The zero-order chi connectivity index (χ0) is 18.6. The highest BCUT2D eigenvalue weighted by molar-refractivity contribution is 6.30. The van der Waals surface area contributed by atoms with E-state index in [0.29, 0.717) is 35.4 Å². The van der Waals surface area contributed by atoms with Gasteiger partial charge in [-0.1, -0.05) is 59.2 Å². The molecule has 0 bridgehead atoms. The van der Waals surface area contributed by atoms with E-state index < -0.39 is 0 Å². The van der Waals surface area contributed by atoms with Gasteiger partial charge in [0.1, 0.15) is 0 Å². The van der Waals surface area contributed by atoms with Crippen molar-refractivity contribution in [2.75, 3.05) is 0 Å². The predicted octanol–water partition coefficient (Wildman–Crippen LogP) is 3.86. The lowest BCUT2D eigenvalue weighted by molar-refractivity contribution is 0.368. The van der Waals surface area contributed by atoms with E-state index >= 15 is 0 Å². The Balaban J connectivity index is 1.51. The highest BCUT2D eigenvalue weighted by atomic mass is 35.5. The van der Waals surface area contributed by atoms with Crippen LogP contribution in [-0.4, -0.2) is 19.9 Å².